The van der Waals surface area contributed by atoms with Crippen LogP contribution in [0.1, 0.15) is 104 Å². The average Bonchev–Trinajstić information content (AvgIpc) is 4.18. The van der Waals surface area contributed by atoms with Crippen LogP contribution in [-0.2, 0) is 15.8 Å². The Morgan fingerprint density at radius 3 is 1.77 bits per heavy atom. The number of nitrogens with one attached hydrogen (secondary N) is 2. The SMILES string of the molecule is O=C([C@@H](c1ccccc1)N1CCCC1)N1CCC[C@H]1C1=NCC(c2ccc(-c3ccc(-c4cnc([C@@H]5CCCN5C(=O)[C@@H](c5ccccc5)N5CCCC5)[nH]4)cc3)c(C(F)(F)F)c2)N1. The van der Waals surface area contributed by atoms with Gasteiger partial charge in [-0.15, -0.1) is 0 Å². The number of carbonyl (C=O) groups excluding carboxylic acids is 2. The molecule has 2 N–H and O–H groups in total. The van der Waals surface area contributed by atoms with Gasteiger partial charge in [-0.05, 0) is 117 Å². The number of amidine groups is 1. The Morgan fingerprint density at radius 1 is 0.641 bits per heavy atom. The summed E-state index contributed by atoms with van der Waals surface area (Å²) in [6, 6.07) is 30.0. The molecule has 2 amide bonds. The van der Waals surface area contributed by atoms with Gasteiger partial charge in [0.15, 0.2) is 0 Å². The van der Waals surface area contributed by atoms with Gasteiger partial charge in [-0.1, -0.05) is 97.1 Å². The van der Waals surface area contributed by atoms with Crippen molar-refractivity contribution in [2.24, 2.45) is 4.99 Å². The van der Waals surface area contributed by atoms with Gasteiger partial charge in [0.2, 0.25) is 11.8 Å². The Labute approximate surface area is 372 Å². The number of halogens is 3. The topological polar surface area (TPSA) is 100 Å². The lowest BCUT2D eigenvalue weighted by atomic mass is 9.94. The molecule has 0 radical (unpaired) electrons. The molecule has 0 spiro atoms. The van der Waals surface area contributed by atoms with Crippen molar-refractivity contribution in [3.8, 4) is 22.4 Å². The Balaban J connectivity index is 0.831. The van der Waals surface area contributed by atoms with Gasteiger partial charge < -0.3 is 20.1 Å². The molecule has 5 atom stereocenters. The number of benzene rings is 4. The molecular formula is C51H55F3N8O2. The highest BCUT2D eigenvalue weighted by Crippen LogP contribution is 2.41. The molecule has 10 rings (SSSR count). The van der Waals surface area contributed by atoms with Gasteiger partial charge in [0.05, 0.1) is 42.1 Å². The van der Waals surface area contributed by atoms with Crippen LogP contribution in [0.5, 0.6) is 0 Å². The van der Waals surface area contributed by atoms with Crippen LogP contribution < -0.4 is 5.32 Å². The molecule has 13 heteroatoms. The van der Waals surface area contributed by atoms with E-state index in [1.54, 1.807) is 30.5 Å². The largest absolute Gasteiger partial charge is 0.417 e. The highest BCUT2D eigenvalue weighted by molar-refractivity contribution is 5.95. The number of hydrogen-bond acceptors (Lipinski definition) is 7. The first-order valence-corrected chi connectivity index (χ1v) is 23.1. The van der Waals surface area contributed by atoms with Crippen molar-refractivity contribution in [2.45, 2.75) is 87.8 Å². The summed E-state index contributed by atoms with van der Waals surface area (Å²) >= 11 is 0. The van der Waals surface area contributed by atoms with Crippen molar-refractivity contribution in [1.29, 1.82) is 0 Å². The van der Waals surface area contributed by atoms with Crippen molar-refractivity contribution in [2.75, 3.05) is 45.8 Å². The lowest BCUT2D eigenvalue weighted by molar-refractivity contribution is -0.138. The monoisotopic (exact) mass is 868 g/mol. The number of aliphatic imine (C=N–C) groups is 1. The van der Waals surface area contributed by atoms with E-state index in [1.807, 2.05) is 82.6 Å². The third kappa shape index (κ3) is 8.35. The van der Waals surface area contributed by atoms with Gasteiger partial charge in [0.25, 0.3) is 0 Å². The van der Waals surface area contributed by atoms with Crippen LogP contribution in [0.25, 0.3) is 22.4 Å². The van der Waals surface area contributed by atoms with Gasteiger partial charge in [-0.3, -0.25) is 24.4 Å². The van der Waals surface area contributed by atoms with E-state index >= 15 is 0 Å². The molecule has 4 saturated heterocycles. The number of alkyl halides is 3. The molecule has 0 saturated carbocycles. The molecular weight excluding hydrogens is 814 g/mol. The number of H-pyrrole nitrogens is 1. The second kappa shape index (κ2) is 18.0. The van der Waals surface area contributed by atoms with Crippen LogP contribution in [0.3, 0.4) is 0 Å². The zero-order chi connectivity index (χ0) is 43.8. The van der Waals surface area contributed by atoms with Crippen LogP contribution in [0, 0.1) is 0 Å². The van der Waals surface area contributed by atoms with E-state index in [4.69, 9.17) is 9.98 Å². The number of imidazole rings is 1. The molecule has 64 heavy (non-hydrogen) atoms. The second-order valence-electron chi connectivity index (χ2n) is 18.0. The summed E-state index contributed by atoms with van der Waals surface area (Å²) in [4.78, 5) is 50.1. The van der Waals surface area contributed by atoms with E-state index in [-0.39, 0.29) is 41.5 Å². The normalized spacial score (nSPS) is 22.8. The Bertz CT molecular complexity index is 2460. The molecule has 5 aliphatic rings. The van der Waals surface area contributed by atoms with Crippen LogP contribution in [0.2, 0.25) is 0 Å². The molecule has 6 heterocycles. The van der Waals surface area contributed by atoms with E-state index < -0.39 is 17.8 Å². The van der Waals surface area contributed by atoms with E-state index in [9.17, 15) is 22.8 Å². The first-order valence-electron chi connectivity index (χ1n) is 23.1. The number of nitrogens with zero attached hydrogens (tertiary/aromatic N) is 6. The predicted molar refractivity (Wildman–Crippen MR) is 241 cm³/mol. The number of amides is 2. The summed E-state index contributed by atoms with van der Waals surface area (Å²) < 4.78 is 44.7. The maximum absolute atomic E-state index is 14.9. The number of likely N-dealkylation sites (tertiary alicyclic amines) is 4. The highest BCUT2D eigenvalue weighted by Gasteiger charge is 2.42. The molecule has 1 unspecified atom stereocenters. The van der Waals surface area contributed by atoms with Crippen LogP contribution >= 0.6 is 0 Å². The number of aromatic amines is 1. The minimum atomic E-state index is -4.60. The summed E-state index contributed by atoms with van der Waals surface area (Å²) in [6.45, 7) is 5.10. The molecule has 5 aromatic rings. The summed E-state index contributed by atoms with van der Waals surface area (Å²) in [5.41, 5.74) is 3.86. The van der Waals surface area contributed by atoms with Gasteiger partial charge in [-0.25, -0.2) is 4.98 Å². The number of carbonyl (C=O) groups is 2. The van der Waals surface area contributed by atoms with Gasteiger partial charge >= 0.3 is 6.18 Å². The zero-order valence-corrected chi connectivity index (χ0v) is 36.0. The lowest BCUT2D eigenvalue weighted by Crippen LogP contribution is -2.49. The van der Waals surface area contributed by atoms with Gasteiger partial charge in [0, 0.05) is 13.1 Å². The minimum Gasteiger partial charge on any atom is -0.363 e. The molecule has 4 fully saturated rings. The lowest BCUT2D eigenvalue weighted by Gasteiger charge is -2.34. The predicted octanol–water partition coefficient (Wildman–Crippen LogP) is 9.13. The Kier molecular flexibility index (Phi) is 11.9. The zero-order valence-electron chi connectivity index (χ0n) is 36.0. The number of rotatable bonds is 11. The van der Waals surface area contributed by atoms with Crippen LogP contribution in [0.15, 0.2) is 114 Å². The molecule has 0 bridgehead atoms. The second-order valence-corrected chi connectivity index (χ2v) is 18.0. The van der Waals surface area contributed by atoms with E-state index in [0.29, 0.717) is 42.4 Å². The van der Waals surface area contributed by atoms with E-state index in [0.717, 1.165) is 99.9 Å². The summed E-state index contributed by atoms with van der Waals surface area (Å²) in [5, 5.41) is 3.44. The average molecular weight is 869 g/mol. The molecule has 1 aromatic heterocycles. The van der Waals surface area contributed by atoms with Crippen molar-refractivity contribution >= 4 is 17.6 Å². The van der Waals surface area contributed by atoms with Gasteiger partial charge in [-0.2, -0.15) is 13.2 Å². The fourth-order valence-corrected chi connectivity index (χ4v) is 10.8. The van der Waals surface area contributed by atoms with Crippen LogP contribution in [-0.4, -0.2) is 99.1 Å². The molecule has 5 aliphatic heterocycles. The fraction of sp³-hybridized carbons (Fsp3) is 0.412. The van der Waals surface area contributed by atoms with E-state index in [2.05, 4.69) is 20.1 Å². The fourth-order valence-electron chi connectivity index (χ4n) is 10.8. The highest BCUT2D eigenvalue weighted by atomic mass is 19.4. The molecule has 4 aromatic carbocycles. The first-order chi connectivity index (χ1) is 31.2. The number of hydrogen-bond donors (Lipinski definition) is 2. The Hall–Kier alpha value is -5.79. The molecule has 0 aliphatic carbocycles. The Morgan fingerprint density at radius 2 is 1.19 bits per heavy atom. The van der Waals surface area contributed by atoms with Crippen molar-refractivity contribution in [3.63, 3.8) is 0 Å². The van der Waals surface area contributed by atoms with Crippen molar-refractivity contribution < 1.29 is 22.8 Å². The third-order valence-electron chi connectivity index (χ3n) is 14.0. The standard InChI is InChI=1S/C51H55F3N8O2/c52-51(53,54)40-31-38(42-33-56-48(58-42)44-18-12-30-62(44)50(64)46(60-27-9-10-28-60)37-15-5-2-6-16-37)23-24-39(40)34-19-21-35(22-20-34)41-32-55-47(57-41)43-17-11-29-61(43)49(63)45(59-25-7-8-26-59)36-13-3-1-4-14-36/h1-6,13-16,19-24,31-32,42-46H,7-12,17-18,25-30,33H2,(H,55,57)(H,56,58)/t42?,43-,44-,45+,46+/m0/s1. The summed E-state index contributed by atoms with van der Waals surface area (Å²) in [6.07, 6.45) is 4.70. The van der Waals surface area contributed by atoms with Crippen LogP contribution in [0.4, 0.5) is 13.2 Å². The maximum Gasteiger partial charge on any atom is 0.417 e. The first kappa shape index (κ1) is 42.2. The molecule has 10 nitrogen and oxygen atoms in total. The summed E-state index contributed by atoms with van der Waals surface area (Å²) in [7, 11) is 0. The molecule has 332 valence electrons. The van der Waals surface area contributed by atoms with Crippen molar-refractivity contribution in [1.82, 2.24) is 34.9 Å². The quantitative estimate of drug-likeness (QED) is 0.138. The maximum atomic E-state index is 14.9. The smallest absolute Gasteiger partial charge is 0.363 e. The summed E-state index contributed by atoms with van der Waals surface area (Å²) in [5.74, 6) is 1.54. The van der Waals surface area contributed by atoms with E-state index in [1.165, 1.54) is 6.07 Å². The third-order valence-corrected chi connectivity index (χ3v) is 14.0. The minimum absolute atomic E-state index is 0.0590. The number of aromatic nitrogens is 2. The van der Waals surface area contributed by atoms with Crippen molar-refractivity contribution in [3.05, 3.63) is 137 Å². The van der Waals surface area contributed by atoms with Gasteiger partial charge in [0.1, 0.15) is 23.7 Å².